The van der Waals surface area contributed by atoms with Crippen molar-refractivity contribution in [2.24, 2.45) is 11.1 Å². The van der Waals surface area contributed by atoms with E-state index in [0.29, 0.717) is 5.25 Å². The molecule has 0 heterocycles. The lowest BCUT2D eigenvalue weighted by Gasteiger charge is -2.26. The fourth-order valence-electron chi connectivity index (χ4n) is 2.21. The highest BCUT2D eigenvalue weighted by atomic mass is 32.2. The van der Waals surface area contributed by atoms with Gasteiger partial charge in [0.25, 0.3) is 0 Å². The zero-order valence-corrected chi connectivity index (χ0v) is 10.6. The van der Waals surface area contributed by atoms with Gasteiger partial charge in [-0.05, 0) is 36.5 Å². The molecule has 3 heteroatoms. The smallest absolute Gasteiger partial charge is 0.124 e. The van der Waals surface area contributed by atoms with Crippen LogP contribution < -0.4 is 5.73 Å². The highest BCUT2D eigenvalue weighted by Crippen LogP contribution is 2.43. The van der Waals surface area contributed by atoms with Gasteiger partial charge in [0.2, 0.25) is 0 Å². The molecule has 2 atom stereocenters. The van der Waals surface area contributed by atoms with E-state index >= 15 is 0 Å². The van der Waals surface area contributed by atoms with Crippen LogP contribution in [0.2, 0.25) is 0 Å². The molecule has 2 unspecified atom stereocenters. The summed E-state index contributed by atoms with van der Waals surface area (Å²) in [5, 5.41) is 0.414. The van der Waals surface area contributed by atoms with Crippen LogP contribution in [0.3, 0.4) is 0 Å². The van der Waals surface area contributed by atoms with Gasteiger partial charge < -0.3 is 5.73 Å². The SMILES string of the molecule is CC1(C)CCC(Sc2cccc(F)c2)C1N. The molecule has 0 aromatic heterocycles. The normalized spacial score (nSPS) is 28.2. The zero-order valence-electron chi connectivity index (χ0n) is 9.74. The minimum atomic E-state index is -0.171. The molecule has 1 saturated carbocycles. The fourth-order valence-corrected chi connectivity index (χ4v) is 3.65. The number of benzene rings is 1. The summed E-state index contributed by atoms with van der Waals surface area (Å²) in [7, 11) is 0. The Labute approximate surface area is 101 Å². The fraction of sp³-hybridized carbons (Fsp3) is 0.538. The Morgan fingerprint density at radius 2 is 2.19 bits per heavy atom. The van der Waals surface area contributed by atoms with Crippen LogP contribution in [-0.4, -0.2) is 11.3 Å². The first-order valence-corrected chi connectivity index (χ1v) is 6.55. The van der Waals surface area contributed by atoms with Gasteiger partial charge in [0, 0.05) is 16.2 Å². The van der Waals surface area contributed by atoms with Crippen LogP contribution in [0.4, 0.5) is 4.39 Å². The van der Waals surface area contributed by atoms with Crippen molar-refractivity contribution in [1.29, 1.82) is 0 Å². The summed E-state index contributed by atoms with van der Waals surface area (Å²) in [5.74, 6) is -0.171. The van der Waals surface area contributed by atoms with E-state index in [9.17, 15) is 4.39 Å². The maximum absolute atomic E-state index is 13.0. The van der Waals surface area contributed by atoms with E-state index in [2.05, 4.69) is 13.8 Å². The number of hydrogen-bond donors (Lipinski definition) is 1. The van der Waals surface area contributed by atoms with Gasteiger partial charge in [0.15, 0.2) is 0 Å². The molecule has 2 rings (SSSR count). The van der Waals surface area contributed by atoms with Crippen LogP contribution in [0.5, 0.6) is 0 Å². The molecule has 1 aliphatic carbocycles. The molecule has 0 amide bonds. The number of thioether (sulfide) groups is 1. The summed E-state index contributed by atoms with van der Waals surface area (Å²) in [5.41, 5.74) is 6.44. The van der Waals surface area contributed by atoms with Crippen molar-refractivity contribution in [3.05, 3.63) is 30.1 Å². The summed E-state index contributed by atoms with van der Waals surface area (Å²) < 4.78 is 13.0. The Hall–Kier alpha value is -0.540. The largest absolute Gasteiger partial charge is 0.326 e. The predicted molar refractivity (Wildman–Crippen MR) is 67.0 cm³/mol. The molecular weight excluding hydrogens is 221 g/mol. The third-order valence-electron chi connectivity index (χ3n) is 3.46. The maximum Gasteiger partial charge on any atom is 0.124 e. The van der Waals surface area contributed by atoms with Gasteiger partial charge in [-0.25, -0.2) is 4.39 Å². The van der Waals surface area contributed by atoms with Crippen molar-refractivity contribution in [3.8, 4) is 0 Å². The number of nitrogens with two attached hydrogens (primary N) is 1. The Kier molecular flexibility index (Phi) is 3.27. The van der Waals surface area contributed by atoms with Gasteiger partial charge in [-0.2, -0.15) is 0 Å². The van der Waals surface area contributed by atoms with Gasteiger partial charge in [0.1, 0.15) is 5.82 Å². The average Bonchev–Trinajstić information content (AvgIpc) is 2.45. The molecule has 0 radical (unpaired) electrons. The first kappa shape index (κ1) is 11.9. The molecule has 0 bridgehead atoms. The predicted octanol–water partition coefficient (Wildman–Crippen LogP) is 3.43. The van der Waals surface area contributed by atoms with E-state index in [1.807, 2.05) is 6.07 Å². The Morgan fingerprint density at radius 1 is 1.44 bits per heavy atom. The van der Waals surface area contributed by atoms with E-state index in [1.54, 1.807) is 23.9 Å². The van der Waals surface area contributed by atoms with E-state index in [-0.39, 0.29) is 17.3 Å². The summed E-state index contributed by atoms with van der Waals surface area (Å²) in [6, 6.07) is 6.96. The topological polar surface area (TPSA) is 26.0 Å². The number of hydrogen-bond acceptors (Lipinski definition) is 2. The lowest BCUT2D eigenvalue weighted by molar-refractivity contribution is 0.334. The molecule has 88 valence electrons. The molecule has 2 N–H and O–H groups in total. The summed E-state index contributed by atoms with van der Waals surface area (Å²) in [6.45, 7) is 4.42. The van der Waals surface area contributed by atoms with Crippen LogP contribution in [0.25, 0.3) is 0 Å². The van der Waals surface area contributed by atoms with E-state index in [0.717, 1.165) is 17.7 Å². The van der Waals surface area contributed by atoms with Crippen LogP contribution in [0.15, 0.2) is 29.2 Å². The molecule has 1 aromatic carbocycles. The quantitative estimate of drug-likeness (QED) is 0.855. The van der Waals surface area contributed by atoms with Crippen molar-refractivity contribution >= 4 is 11.8 Å². The number of rotatable bonds is 2. The Balaban J connectivity index is 2.06. The van der Waals surface area contributed by atoms with Gasteiger partial charge in [-0.15, -0.1) is 11.8 Å². The van der Waals surface area contributed by atoms with Gasteiger partial charge in [0.05, 0.1) is 0 Å². The highest BCUT2D eigenvalue weighted by molar-refractivity contribution is 8.00. The number of halogens is 1. The van der Waals surface area contributed by atoms with Crippen LogP contribution in [-0.2, 0) is 0 Å². The summed E-state index contributed by atoms with van der Waals surface area (Å²) in [4.78, 5) is 0.984. The standard InChI is InChI=1S/C13H18FNS/c1-13(2)7-6-11(12(13)15)16-10-5-3-4-9(14)8-10/h3-5,8,11-12H,6-7,15H2,1-2H3. The third-order valence-corrected chi connectivity index (χ3v) is 4.82. The minimum Gasteiger partial charge on any atom is -0.326 e. The average molecular weight is 239 g/mol. The first-order valence-electron chi connectivity index (χ1n) is 5.67. The molecule has 0 spiro atoms. The lowest BCUT2D eigenvalue weighted by Crippen LogP contribution is -2.38. The second-order valence-electron chi connectivity index (χ2n) is 5.17. The first-order chi connectivity index (χ1) is 7.49. The Bertz CT molecular complexity index is 378. The monoisotopic (exact) mass is 239 g/mol. The van der Waals surface area contributed by atoms with Crippen molar-refractivity contribution in [2.75, 3.05) is 0 Å². The molecule has 16 heavy (non-hydrogen) atoms. The van der Waals surface area contributed by atoms with Crippen LogP contribution in [0.1, 0.15) is 26.7 Å². The van der Waals surface area contributed by atoms with Gasteiger partial charge in [-0.3, -0.25) is 0 Å². The van der Waals surface area contributed by atoms with Crippen LogP contribution >= 0.6 is 11.8 Å². The van der Waals surface area contributed by atoms with Crippen molar-refractivity contribution < 1.29 is 4.39 Å². The minimum absolute atomic E-state index is 0.171. The molecule has 1 nitrogen and oxygen atoms in total. The highest BCUT2D eigenvalue weighted by Gasteiger charge is 2.39. The molecule has 1 aromatic rings. The van der Waals surface area contributed by atoms with Gasteiger partial charge in [-0.1, -0.05) is 19.9 Å². The van der Waals surface area contributed by atoms with E-state index < -0.39 is 0 Å². The maximum atomic E-state index is 13.0. The van der Waals surface area contributed by atoms with Gasteiger partial charge >= 0.3 is 0 Å². The summed E-state index contributed by atoms with van der Waals surface area (Å²) >= 11 is 1.71. The lowest BCUT2D eigenvalue weighted by atomic mass is 9.88. The van der Waals surface area contributed by atoms with Crippen molar-refractivity contribution in [1.82, 2.24) is 0 Å². The van der Waals surface area contributed by atoms with E-state index in [4.69, 9.17) is 5.73 Å². The second-order valence-corrected chi connectivity index (χ2v) is 6.48. The van der Waals surface area contributed by atoms with E-state index in [1.165, 1.54) is 6.07 Å². The van der Waals surface area contributed by atoms with Crippen molar-refractivity contribution in [2.45, 2.75) is 42.9 Å². The molecule has 0 saturated heterocycles. The van der Waals surface area contributed by atoms with Crippen molar-refractivity contribution in [3.63, 3.8) is 0 Å². The molecule has 1 aliphatic rings. The molecule has 1 fully saturated rings. The van der Waals surface area contributed by atoms with Crippen LogP contribution in [0, 0.1) is 11.2 Å². The Morgan fingerprint density at radius 3 is 2.75 bits per heavy atom. The third kappa shape index (κ3) is 2.41. The summed E-state index contributed by atoms with van der Waals surface area (Å²) in [6.07, 6.45) is 2.27. The molecular formula is C13H18FNS. The zero-order chi connectivity index (χ0) is 11.8. The second kappa shape index (κ2) is 4.38. The molecule has 0 aliphatic heterocycles.